The van der Waals surface area contributed by atoms with Gasteiger partial charge in [-0.05, 0) is 26.3 Å². The molecule has 0 bridgehead atoms. The Bertz CT molecular complexity index is 325. The van der Waals surface area contributed by atoms with Crippen molar-refractivity contribution in [1.82, 2.24) is 0 Å². The maximum Gasteiger partial charge on any atom is 0.490 e. The summed E-state index contributed by atoms with van der Waals surface area (Å²) in [5.74, 6) is -5.11. The second-order valence-electron chi connectivity index (χ2n) is 4.56. The molecule has 1 unspecified atom stereocenters. The fourth-order valence-electron chi connectivity index (χ4n) is 0.304. The molecule has 12 heteroatoms. The summed E-state index contributed by atoms with van der Waals surface area (Å²) in [6.07, 6.45) is -10.2. The van der Waals surface area contributed by atoms with Crippen LogP contribution >= 0.6 is 0 Å². The van der Waals surface area contributed by atoms with E-state index in [0.717, 1.165) is 0 Å². The largest absolute Gasteiger partial charge is 0.490 e. The third-order valence-electron chi connectivity index (χ3n) is 2.11. The number of rotatable bonds is 2. The Morgan fingerprint density at radius 2 is 1.14 bits per heavy atom. The van der Waals surface area contributed by atoms with E-state index in [4.69, 9.17) is 31.3 Å². The van der Waals surface area contributed by atoms with Gasteiger partial charge in [-0.1, -0.05) is 6.92 Å². The SMILES string of the molecule is CC(CN)C(C)(C)N.O=C(O)C(F)(F)F.O=C(O)C(F)(F)F. The Balaban J connectivity index is -0.000000247. The number of hydrogen-bond donors (Lipinski definition) is 4. The Morgan fingerprint density at radius 3 is 1.14 bits per heavy atom. The van der Waals surface area contributed by atoms with Crippen molar-refractivity contribution in [3.63, 3.8) is 0 Å². The van der Waals surface area contributed by atoms with Gasteiger partial charge >= 0.3 is 24.3 Å². The van der Waals surface area contributed by atoms with Gasteiger partial charge < -0.3 is 21.7 Å². The van der Waals surface area contributed by atoms with Crippen molar-refractivity contribution >= 4 is 11.9 Å². The van der Waals surface area contributed by atoms with Gasteiger partial charge in [-0.3, -0.25) is 0 Å². The molecule has 0 aliphatic carbocycles. The number of carboxylic acid groups (broad SMARTS) is 2. The molecule has 0 rings (SSSR count). The van der Waals surface area contributed by atoms with E-state index in [1.807, 2.05) is 13.8 Å². The molecule has 1 atom stereocenters. The van der Waals surface area contributed by atoms with Crippen LogP contribution in [0.15, 0.2) is 0 Å². The highest BCUT2D eigenvalue weighted by molar-refractivity contribution is 5.73. The van der Waals surface area contributed by atoms with Crippen LogP contribution in [-0.2, 0) is 9.59 Å². The van der Waals surface area contributed by atoms with E-state index in [1.54, 1.807) is 0 Å². The maximum atomic E-state index is 10.6. The first-order valence-electron chi connectivity index (χ1n) is 5.46. The fourth-order valence-corrected chi connectivity index (χ4v) is 0.304. The van der Waals surface area contributed by atoms with Crippen molar-refractivity contribution in [2.45, 2.75) is 38.7 Å². The Kier molecular flexibility index (Phi) is 10.9. The normalized spacial score (nSPS) is 13.0. The molecule has 6 nitrogen and oxygen atoms in total. The van der Waals surface area contributed by atoms with Crippen molar-refractivity contribution in [2.75, 3.05) is 6.54 Å². The number of alkyl halides is 6. The molecule has 0 amide bonds. The minimum absolute atomic E-state index is 0.116. The molecular formula is C10H18F6N2O4. The van der Waals surface area contributed by atoms with Crippen LogP contribution in [0.4, 0.5) is 26.3 Å². The van der Waals surface area contributed by atoms with Crippen LogP contribution in [0.5, 0.6) is 0 Å². The summed E-state index contributed by atoms with van der Waals surface area (Å²) >= 11 is 0. The van der Waals surface area contributed by atoms with Gasteiger partial charge in [-0.15, -0.1) is 0 Å². The Hall–Kier alpha value is -1.56. The van der Waals surface area contributed by atoms with Crippen LogP contribution in [0.2, 0.25) is 0 Å². The van der Waals surface area contributed by atoms with Gasteiger partial charge in [0.1, 0.15) is 0 Å². The van der Waals surface area contributed by atoms with Crippen molar-refractivity contribution in [3.05, 3.63) is 0 Å². The summed E-state index contributed by atoms with van der Waals surface area (Å²) in [5, 5.41) is 14.2. The molecule has 0 heterocycles. The van der Waals surface area contributed by atoms with Crippen molar-refractivity contribution < 1.29 is 46.1 Å². The average molecular weight is 344 g/mol. The van der Waals surface area contributed by atoms with Crippen LogP contribution in [-0.4, -0.2) is 46.6 Å². The van der Waals surface area contributed by atoms with Gasteiger partial charge in [0.05, 0.1) is 0 Å². The lowest BCUT2D eigenvalue weighted by Gasteiger charge is -2.25. The zero-order valence-electron chi connectivity index (χ0n) is 11.9. The third-order valence-corrected chi connectivity index (χ3v) is 2.11. The van der Waals surface area contributed by atoms with Crippen molar-refractivity contribution in [3.8, 4) is 0 Å². The average Bonchev–Trinajstić information content (AvgIpc) is 2.25. The van der Waals surface area contributed by atoms with Crippen LogP contribution < -0.4 is 11.5 Å². The predicted octanol–water partition coefficient (Wildman–Crippen LogP) is 1.59. The van der Waals surface area contributed by atoms with E-state index in [-0.39, 0.29) is 5.54 Å². The molecule has 0 aromatic rings. The van der Waals surface area contributed by atoms with Crippen LogP contribution in [0, 0.1) is 5.92 Å². The van der Waals surface area contributed by atoms with Gasteiger partial charge in [0.2, 0.25) is 0 Å². The molecule has 0 spiro atoms. The summed E-state index contributed by atoms with van der Waals surface area (Å²) in [6, 6.07) is 0. The van der Waals surface area contributed by atoms with E-state index < -0.39 is 24.3 Å². The first-order valence-corrected chi connectivity index (χ1v) is 5.46. The summed E-state index contributed by atoms with van der Waals surface area (Å²) in [5.41, 5.74) is 11.0. The van der Waals surface area contributed by atoms with Gasteiger partial charge in [0.25, 0.3) is 0 Å². The van der Waals surface area contributed by atoms with Gasteiger partial charge in [-0.25, -0.2) is 9.59 Å². The zero-order valence-corrected chi connectivity index (χ0v) is 11.9. The van der Waals surface area contributed by atoms with Gasteiger partial charge in [0.15, 0.2) is 0 Å². The first-order chi connectivity index (χ1) is 9.37. The highest BCUT2D eigenvalue weighted by Crippen LogP contribution is 2.13. The topological polar surface area (TPSA) is 127 Å². The number of nitrogens with two attached hydrogens (primary N) is 2. The quantitative estimate of drug-likeness (QED) is 0.564. The van der Waals surface area contributed by atoms with Gasteiger partial charge in [-0.2, -0.15) is 26.3 Å². The molecule has 0 aromatic carbocycles. The number of hydrogen-bond acceptors (Lipinski definition) is 4. The number of carboxylic acids is 2. The van der Waals surface area contributed by atoms with Crippen LogP contribution in [0.1, 0.15) is 20.8 Å². The molecule has 0 aliphatic rings. The van der Waals surface area contributed by atoms with E-state index in [0.29, 0.717) is 12.5 Å². The lowest BCUT2D eigenvalue weighted by Crippen LogP contribution is -2.42. The summed E-state index contributed by atoms with van der Waals surface area (Å²) in [7, 11) is 0. The smallest absolute Gasteiger partial charge is 0.475 e. The van der Waals surface area contributed by atoms with E-state index >= 15 is 0 Å². The lowest BCUT2D eigenvalue weighted by molar-refractivity contribution is -0.193. The lowest BCUT2D eigenvalue weighted by atomic mass is 9.91. The summed E-state index contributed by atoms with van der Waals surface area (Å²) in [4.78, 5) is 17.8. The Morgan fingerprint density at radius 1 is 0.955 bits per heavy atom. The second kappa shape index (κ2) is 9.46. The molecule has 22 heavy (non-hydrogen) atoms. The van der Waals surface area contributed by atoms with Gasteiger partial charge in [0, 0.05) is 5.54 Å². The summed E-state index contributed by atoms with van der Waals surface area (Å²) < 4.78 is 63.5. The predicted molar refractivity (Wildman–Crippen MR) is 63.9 cm³/mol. The minimum Gasteiger partial charge on any atom is -0.475 e. The highest BCUT2D eigenvalue weighted by Gasteiger charge is 2.38. The number of aliphatic carboxylic acids is 2. The Labute approximate surface area is 122 Å². The zero-order chi connectivity index (χ0) is 18.9. The monoisotopic (exact) mass is 344 g/mol. The molecule has 0 fully saturated rings. The van der Waals surface area contributed by atoms with E-state index in [1.165, 1.54) is 0 Å². The van der Waals surface area contributed by atoms with Crippen molar-refractivity contribution in [1.29, 1.82) is 0 Å². The number of carbonyl (C=O) groups is 2. The van der Waals surface area contributed by atoms with Crippen LogP contribution in [0.25, 0.3) is 0 Å². The molecule has 0 aliphatic heterocycles. The molecule has 0 radical (unpaired) electrons. The van der Waals surface area contributed by atoms with Crippen molar-refractivity contribution in [2.24, 2.45) is 17.4 Å². The highest BCUT2D eigenvalue weighted by atomic mass is 19.4. The third kappa shape index (κ3) is 16.5. The molecule has 0 aromatic heterocycles. The van der Waals surface area contributed by atoms with Crippen LogP contribution in [0.3, 0.4) is 0 Å². The first kappa shape index (κ1) is 25.4. The molecule has 0 saturated carbocycles. The standard InChI is InChI=1S/C6H16N2.2C2HF3O2/c1-5(4-7)6(2,3)8;2*3-2(4,5)1(6)7/h5H,4,7-8H2,1-3H3;2*(H,6,7). The fraction of sp³-hybridized carbons (Fsp3) is 0.800. The second-order valence-corrected chi connectivity index (χ2v) is 4.56. The molecule has 0 saturated heterocycles. The maximum absolute atomic E-state index is 10.6. The summed E-state index contributed by atoms with van der Waals surface area (Å²) in [6.45, 7) is 6.71. The van der Waals surface area contributed by atoms with E-state index in [2.05, 4.69) is 6.92 Å². The molecular weight excluding hydrogens is 326 g/mol. The number of halogens is 6. The molecule has 134 valence electrons. The minimum atomic E-state index is -5.08. The van der Waals surface area contributed by atoms with E-state index in [9.17, 15) is 26.3 Å². The molecule has 6 N–H and O–H groups in total.